The lowest BCUT2D eigenvalue weighted by Crippen LogP contribution is -2.20. The number of rotatable bonds is 2. The Balaban J connectivity index is 2.13. The fourth-order valence-corrected chi connectivity index (χ4v) is 2.42. The van der Waals surface area contributed by atoms with Crippen LogP contribution in [-0.2, 0) is 0 Å². The van der Waals surface area contributed by atoms with E-state index in [-0.39, 0.29) is 5.70 Å². The molecule has 4 nitrogen and oxygen atoms in total. The summed E-state index contributed by atoms with van der Waals surface area (Å²) in [5, 5.41) is 11.7. The summed E-state index contributed by atoms with van der Waals surface area (Å²) in [5.41, 5.74) is 1.27. The summed E-state index contributed by atoms with van der Waals surface area (Å²) in [4.78, 5) is 10.8. The number of ether oxygens (including phenoxy) is 1. The summed E-state index contributed by atoms with van der Waals surface area (Å²) in [6.45, 7) is 0. The molecule has 100 valence electrons. The SMILES string of the molecule is O=[N+]([O-])C1=Cc2ccccc2O[C@H]1c1ccccc1Cl. The van der Waals surface area contributed by atoms with Crippen molar-refractivity contribution in [2.75, 3.05) is 0 Å². The summed E-state index contributed by atoms with van der Waals surface area (Å²) in [7, 11) is 0. The highest BCUT2D eigenvalue weighted by atomic mass is 35.5. The molecule has 0 bridgehead atoms. The fourth-order valence-electron chi connectivity index (χ4n) is 2.19. The van der Waals surface area contributed by atoms with Gasteiger partial charge in [-0.3, -0.25) is 10.1 Å². The first-order valence-corrected chi connectivity index (χ1v) is 6.40. The second-order valence-electron chi connectivity index (χ2n) is 4.38. The molecule has 0 spiro atoms. The lowest BCUT2D eigenvalue weighted by molar-refractivity contribution is -0.434. The molecular formula is C15H10ClNO3. The maximum absolute atomic E-state index is 11.3. The second-order valence-corrected chi connectivity index (χ2v) is 4.79. The van der Waals surface area contributed by atoms with Gasteiger partial charge in [-0.25, -0.2) is 0 Å². The molecule has 5 heteroatoms. The first-order valence-electron chi connectivity index (χ1n) is 6.03. The molecule has 0 amide bonds. The Bertz CT molecular complexity index is 712. The van der Waals surface area contributed by atoms with Gasteiger partial charge in [0.05, 0.1) is 4.92 Å². The van der Waals surface area contributed by atoms with E-state index in [0.29, 0.717) is 21.9 Å². The number of nitro groups is 1. The van der Waals surface area contributed by atoms with Gasteiger partial charge >= 0.3 is 0 Å². The van der Waals surface area contributed by atoms with Crippen molar-refractivity contribution in [2.24, 2.45) is 0 Å². The van der Waals surface area contributed by atoms with Crippen LogP contribution >= 0.6 is 11.6 Å². The molecule has 3 rings (SSSR count). The highest BCUT2D eigenvalue weighted by molar-refractivity contribution is 6.31. The zero-order valence-corrected chi connectivity index (χ0v) is 11.1. The van der Waals surface area contributed by atoms with E-state index in [1.54, 1.807) is 36.4 Å². The Labute approximate surface area is 120 Å². The smallest absolute Gasteiger partial charge is 0.291 e. The van der Waals surface area contributed by atoms with Crippen LogP contribution in [0.4, 0.5) is 0 Å². The molecular weight excluding hydrogens is 278 g/mol. The molecule has 0 radical (unpaired) electrons. The number of hydrogen-bond donors (Lipinski definition) is 0. The van der Waals surface area contributed by atoms with Crippen molar-refractivity contribution in [1.82, 2.24) is 0 Å². The summed E-state index contributed by atoms with van der Waals surface area (Å²) in [6, 6.07) is 14.2. The van der Waals surface area contributed by atoms with E-state index in [9.17, 15) is 10.1 Å². The predicted octanol–water partition coefficient (Wildman–Crippen LogP) is 4.09. The van der Waals surface area contributed by atoms with Crippen molar-refractivity contribution >= 4 is 17.7 Å². The first-order chi connectivity index (χ1) is 9.66. The van der Waals surface area contributed by atoms with Gasteiger partial charge in [0, 0.05) is 22.2 Å². The molecule has 0 fully saturated rings. The third-order valence-electron chi connectivity index (χ3n) is 3.13. The van der Waals surface area contributed by atoms with Gasteiger partial charge in [0.15, 0.2) is 0 Å². The molecule has 1 heterocycles. The summed E-state index contributed by atoms with van der Waals surface area (Å²) in [5.74, 6) is 0.614. The summed E-state index contributed by atoms with van der Waals surface area (Å²) < 4.78 is 5.78. The lowest BCUT2D eigenvalue weighted by atomic mass is 10.0. The number of halogens is 1. The Morgan fingerprint density at radius 1 is 1.10 bits per heavy atom. The van der Waals surface area contributed by atoms with Crippen LogP contribution in [0.1, 0.15) is 17.2 Å². The molecule has 2 aromatic rings. The highest BCUT2D eigenvalue weighted by Crippen LogP contribution is 2.39. The Kier molecular flexibility index (Phi) is 3.16. The third kappa shape index (κ3) is 2.14. The van der Waals surface area contributed by atoms with Gasteiger partial charge in [-0.05, 0) is 12.1 Å². The minimum atomic E-state index is -0.798. The van der Waals surface area contributed by atoms with E-state index in [1.807, 2.05) is 12.1 Å². The predicted molar refractivity (Wildman–Crippen MR) is 76.2 cm³/mol. The third-order valence-corrected chi connectivity index (χ3v) is 3.48. The number of para-hydroxylation sites is 1. The van der Waals surface area contributed by atoms with Gasteiger partial charge in [0.1, 0.15) is 5.75 Å². The second kappa shape index (κ2) is 4.98. The van der Waals surface area contributed by atoms with Gasteiger partial charge in [0.25, 0.3) is 5.70 Å². The van der Waals surface area contributed by atoms with Crippen molar-refractivity contribution in [1.29, 1.82) is 0 Å². The maximum Gasteiger partial charge on any atom is 0.291 e. The Hall–Kier alpha value is -2.33. The monoisotopic (exact) mass is 287 g/mol. The van der Waals surface area contributed by atoms with Crippen LogP contribution in [-0.4, -0.2) is 4.92 Å². The van der Waals surface area contributed by atoms with Crippen LogP contribution < -0.4 is 4.74 Å². The molecule has 0 aliphatic carbocycles. The molecule has 0 aromatic heterocycles. The van der Waals surface area contributed by atoms with Crippen molar-refractivity contribution in [3.8, 4) is 5.75 Å². The normalized spacial score (nSPS) is 16.9. The van der Waals surface area contributed by atoms with Crippen LogP contribution in [0.2, 0.25) is 5.02 Å². The van der Waals surface area contributed by atoms with Crippen LogP contribution in [0, 0.1) is 10.1 Å². The topological polar surface area (TPSA) is 52.4 Å². The lowest BCUT2D eigenvalue weighted by Gasteiger charge is -2.23. The zero-order chi connectivity index (χ0) is 14.1. The molecule has 2 aromatic carbocycles. The highest BCUT2D eigenvalue weighted by Gasteiger charge is 2.34. The number of benzene rings is 2. The summed E-state index contributed by atoms with van der Waals surface area (Å²) >= 11 is 6.12. The van der Waals surface area contributed by atoms with Crippen molar-refractivity contribution in [2.45, 2.75) is 6.10 Å². The molecule has 0 saturated carbocycles. The first kappa shape index (κ1) is 12.7. The van der Waals surface area contributed by atoms with E-state index in [1.165, 1.54) is 6.08 Å². The molecule has 20 heavy (non-hydrogen) atoms. The largest absolute Gasteiger partial charge is 0.474 e. The van der Waals surface area contributed by atoms with E-state index < -0.39 is 11.0 Å². The van der Waals surface area contributed by atoms with E-state index in [2.05, 4.69) is 0 Å². The van der Waals surface area contributed by atoms with Crippen molar-refractivity contribution in [3.05, 3.63) is 80.5 Å². The molecule has 0 saturated heterocycles. The Morgan fingerprint density at radius 2 is 1.80 bits per heavy atom. The van der Waals surface area contributed by atoms with Crippen molar-refractivity contribution < 1.29 is 9.66 Å². The maximum atomic E-state index is 11.3. The van der Waals surface area contributed by atoms with Crippen LogP contribution in [0.5, 0.6) is 5.75 Å². The van der Waals surface area contributed by atoms with Crippen molar-refractivity contribution in [3.63, 3.8) is 0 Å². The van der Waals surface area contributed by atoms with E-state index in [4.69, 9.17) is 16.3 Å². The van der Waals surface area contributed by atoms with Crippen LogP contribution in [0.3, 0.4) is 0 Å². The van der Waals surface area contributed by atoms with E-state index >= 15 is 0 Å². The Morgan fingerprint density at radius 3 is 2.55 bits per heavy atom. The average Bonchev–Trinajstić information content (AvgIpc) is 2.46. The number of hydrogen-bond acceptors (Lipinski definition) is 3. The quantitative estimate of drug-likeness (QED) is 0.617. The van der Waals surface area contributed by atoms with Crippen LogP contribution in [0.15, 0.2) is 54.2 Å². The average molecular weight is 288 g/mol. The standard InChI is InChI=1S/C15H10ClNO3/c16-12-7-3-2-6-11(12)15-13(17(18)19)9-10-5-1-4-8-14(10)20-15/h1-9,15H/t15-/m0/s1. The van der Waals surface area contributed by atoms with Gasteiger partial charge < -0.3 is 4.74 Å². The van der Waals surface area contributed by atoms with Gasteiger partial charge in [-0.1, -0.05) is 48.0 Å². The number of fused-ring (bicyclic) bond motifs is 1. The van der Waals surface area contributed by atoms with Gasteiger partial charge in [0.2, 0.25) is 6.10 Å². The minimum Gasteiger partial charge on any atom is -0.474 e. The van der Waals surface area contributed by atoms with Crippen LogP contribution in [0.25, 0.3) is 6.08 Å². The number of nitrogens with zero attached hydrogens (tertiary/aromatic N) is 1. The molecule has 0 N–H and O–H groups in total. The van der Waals surface area contributed by atoms with Gasteiger partial charge in [-0.2, -0.15) is 0 Å². The summed E-state index contributed by atoms with van der Waals surface area (Å²) in [6.07, 6.45) is 0.737. The molecule has 1 aliphatic heterocycles. The minimum absolute atomic E-state index is 0.0169. The molecule has 1 atom stereocenters. The van der Waals surface area contributed by atoms with E-state index in [0.717, 1.165) is 0 Å². The van der Waals surface area contributed by atoms with Gasteiger partial charge in [-0.15, -0.1) is 0 Å². The molecule has 0 unspecified atom stereocenters. The fraction of sp³-hybridized carbons (Fsp3) is 0.0667. The molecule has 1 aliphatic rings. The zero-order valence-electron chi connectivity index (χ0n) is 10.3.